The lowest BCUT2D eigenvalue weighted by Gasteiger charge is -2.01. The number of non-ortho nitro benzene ring substituents is 1. The van der Waals surface area contributed by atoms with Crippen molar-refractivity contribution in [2.75, 3.05) is 0 Å². The van der Waals surface area contributed by atoms with Gasteiger partial charge < -0.3 is 5.21 Å². The molecule has 0 spiro atoms. The first kappa shape index (κ1) is 12.4. The molecule has 1 heterocycles. The highest BCUT2D eigenvalue weighted by Crippen LogP contribution is 2.27. The lowest BCUT2D eigenvalue weighted by atomic mass is 10.2. The van der Waals surface area contributed by atoms with Crippen LogP contribution in [-0.4, -0.2) is 19.8 Å². The number of halogens is 1. The number of nitro benzene ring substituents is 1. The van der Waals surface area contributed by atoms with Crippen molar-refractivity contribution < 1.29 is 10.1 Å². The van der Waals surface area contributed by atoms with E-state index in [1.165, 1.54) is 18.2 Å². The second-order valence-corrected chi connectivity index (χ2v) is 4.62. The van der Waals surface area contributed by atoms with Gasteiger partial charge >= 0.3 is 0 Å². The van der Waals surface area contributed by atoms with E-state index in [9.17, 15) is 15.3 Å². The number of aromatic nitrogens is 2. The molecule has 3 aromatic rings. The first-order valence-electron chi connectivity index (χ1n) is 5.68. The summed E-state index contributed by atoms with van der Waals surface area (Å²) in [7, 11) is 0. The van der Waals surface area contributed by atoms with Crippen molar-refractivity contribution in [3.05, 3.63) is 57.6 Å². The third-order valence-electron chi connectivity index (χ3n) is 2.91. The predicted molar refractivity (Wildman–Crippen MR) is 74.0 cm³/mol. The van der Waals surface area contributed by atoms with Gasteiger partial charge in [0, 0.05) is 22.7 Å². The molecule has 0 saturated carbocycles. The van der Waals surface area contributed by atoms with Gasteiger partial charge in [0.25, 0.3) is 5.69 Å². The quantitative estimate of drug-likeness (QED) is 0.445. The largest absolute Gasteiger partial charge is 0.426 e. The maximum atomic E-state index is 10.8. The molecule has 0 fully saturated rings. The van der Waals surface area contributed by atoms with E-state index in [2.05, 4.69) is 4.98 Å². The Morgan fingerprint density at radius 2 is 2.05 bits per heavy atom. The van der Waals surface area contributed by atoms with E-state index >= 15 is 0 Å². The number of nitro groups is 1. The first-order valence-corrected chi connectivity index (χ1v) is 6.06. The van der Waals surface area contributed by atoms with Crippen LogP contribution >= 0.6 is 11.6 Å². The normalized spacial score (nSPS) is 10.8. The minimum absolute atomic E-state index is 0.106. The second-order valence-electron chi connectivity index (χ2n) is 4.19. The summed E-state index contributed by atoms with van der Waals surface area (Å²) < 4.78 is 0.827. The molecule has 6 nitrogen and oxygen atoms in total. The predicted octanol–water partition coefficient (Wildman–Crippen LogP) is 3.50. The van der Waals surface area contributed by atoms with Crippen LogP contribution < -0.4 is 0 Å². The summed E-state index contributed by atoms with van der Waals surface area (Å²) in [6, 6.07) is 11.0. The molecule has 1 aromatic heterocycles. The number of hydrogen-bond donors (Lipinski definition) is 1. The van der Waals surface area contributed by atoms with Crippen LogP contribution in [-0.2, 0) is 0 Å². The Morgan fingerprint density at radius 3 is 2.75 bits per heavy atom. The van der Waals surface area contributed by atoms with Gasteiger partial charge in [-0.3, -0.25) is 10.1 Å². The van der Waals surface area contributed by atoms with Crippen molar-refractivity contribution in [3.8, 4) is 11.4 Å². The zero-order valence-corrected chi connectivity index (χ0v) is 10.8. The van der Waals surface area contributed by atoms with Crippen LogP contribution in [0.25, 0.3) is 22.4 Å². The molecule has 1 N–H and O–H groups in total. The van der Waals surface area contributed by atoms with E-state index in [-0.39, 0.29) is 17.0 Å². The van der Waals surface area contributed by atoms with Crippen molar-refractivity contribution in [2.45, 2.75) is 0 Å². The Kier molecular flexibility index (Phi) is 2.80. The first-order chi connectivity index (χ1) is 9.56. The maximum absolute atomic E-state index is 10.8. The summed E-state index contributed by atoms with van der Waals surface area (Å²) in [5.41, 5.74) is 1.26. The summed E-state index contributed by atoms with van der Waals surface area (Å²) in [6.07, 6.45) is 0. The van der Waals surface area contributed by atoms with Crippen LogP contribution in [0.1, 0.15) is 0 Å². The Hall–Kier alpha value is -2.60. The Balaban J connectivity index is 2.23. The van der Waals surface area contributed by atoms with E-state index in [1.54, 1.807) is 24.3 Å². The summed E-state index contributed by atoms with van der Waals surface area (Å²) in [5.74, 6) is 0.281. The monoisotopic (exact) mass is 289 g/mol. The van der Waals surface area contributed by atoms with Gasteiger partial charge in [-0.2, -0.15) is 4.73 Å². The van der Waals surface area contributed by atoms with Gasteiger partial charge in [-0.25, -0.2) is 4.98 Å². The zero-order valence-electron chi connectivity index (χ0n) is 10.0. The smallest absolute Gasteiger partial charge is 0.271 e. The second kappa shape index (κ2) is 4.50. The Morgan fingerprint density at radius 1 is 1.25 bits per heavy atom. The van der Waals surface area contributed by atoms with Gasteiger partial charge in [0.2, 0.25) is 0 Å². The minimum atomic E-state index is -0.522. The number of fused-ring (bicyclic) bond motifs is 1. The summed E-state index contributed by atoms with van der Waals surface area (Å²) in [4.78, 5) is 14.5. The van der Waals surface area contributed by atoms with Crippen LogP contribution in [0, 0.1) is 10.1 Å². The third kappa shape index (κ3) is 1.96. The van der Waals surface area contributed by atoms with E-state index in [1.807, 2.05) is 0 Å². The summed E-state index contributed by atoms with van der Waals surface area (Å²) >= 11 is 5.90. The van der Waals surface area contributed by atoms with Crippen molar-refractivity contribution >= 4 is 28.3 Å². The van der Waals surface area contributed by atoms with Gasteiger partial charge in [0.1, 0.15) is 5.52 Å². The third-order valence-corrected chi connectivity index (χ3v) is 3.14. The highest BCUT2D eigenvalue weighted by atomic mass is 35.5. The van der Waals surface area contributed by atoms with Crippen LogP contribution in [0.4, 0.5) is 5.69 Å². The average molecular weight is 290 g/mol. The molecule has 100 valence electrons. The number of rotatable bonds is 2. The van der Waals surface area contributed by atoms with Crippen LogP contribution in [0.5, 0.6) is 0 Å². The minimum Gasteiger partial charge on any atom is -0.426 e. The Labute approximate surface area is 118 Å². The van der Waals surface area contributed by atoms with Crippen molar-refractivity contribution in [3.63, 3.8) is 0 Å². The van der Waals surface area contributed by atoms with E-state index in [4.69, 9.17) is 11.6 Å². The molecule has 3 rings (SSSR count). The van der Waals surface area contributed by atoms with Crippen LogP contribution in [0.3, 0.4) is 0 Å². The lowest BCUT2D eigenvalue weighted by Crippen LogP contribution is -1.94. The van der Waals surface area contributed by atoms with Crippen molar-refractivity contribution in [2.24, 2.45) is 0 Å². The van der Waals surface area contributed by atoms with Gasteiger partial charge in [0.05, 0.1) is 10.4 Å². The number of nitrogens with zero attached hydrogens (tertiary/aromatic N) is 3. The maximum Gasteiger partial charge on any atom is 0.271 e. The molecule has 0 unspecified atom stereocenters. The molecule has 0 aliphatic carbocycles. The molecule has 0 amide bonds. The van der Waals surface area contributed by atoms with E-state index < -0.39 is 4.92 Å². The summed E-state index contributed by atoms with van der Waals surface area (Å²) in [6.45, 7) is 0. The fourth-order valence-corrected chi connectivity index (χ4v) is 2.17. The molecule has 2 aromatic carbocycles. The molecule has 0 aliphatic rings. The topological polar surface area (TPSA) is 81.2 Å². The molecule has 0 bridgehead atoms. The molecular formula is C13H8ClN3O3. The van der Waals surface area contributed by atoms with E-state index in [0.29, 0.717) is 16.1 Å². The number of imidazole rings is 1. The van der Waals surface area contributed by atoms with Crippen molar-refractivity contribution in [1.82, 2.24) is 9.71 Å². The average Bonchev–Trinajstić information content (AvgIpc) is 2.76. The van der Waals surface area contributed by atoms with Crippen molar-refractivity contribution in [1.29, 1.82) is 0 Å². The summed E-state index contributed by atoms with van der Waals surface area (Å²) in [5, 5.41) is 21.4. The SMILES string of the molecule is O=[N+]([O-])c1ccc2nc(-c3cccc(Cl)c3)n(O)c2c1. The molecule has 0 radical (unpaired) electrons. The molecule has 20 heavy (non-hydrogen) atoms. The number of hydrogen-bond acceptors (Lipinski definition) is 4. The van der Waals surface area contributed by atoms with Gasteiger partial charge in [0.15, 0.2) is 5.82 Å². The Bertz CT molecular complexity index is 829. The molecular weight excluding hydrogens is 282 g/mol. The van der Waals surface area contributed by atoms with Gasteiger partial charge in [-0.05, 0) is 18.2 Å². The fourth-order valence-electron chi connectivity index (χ4n) is 1.98. The standard InChI is InChI=1S/C13H8ClN3O3/c14-9-3-1-2-8(6-9)13-15-11-5-4-10(17(19)20)7-12(11)16(13)18/h1-7,18H. The van der Waals surface area contributed by atoms with Gasteiger partial charge in [-0.1, -0.05) is 23.7 Å². The van der Waals surface area contributed by atoms with E-state index in [0.717, 1.165) is 4.73 Å². The number of benzene rings is 2. The lowest BCUT2D eigenvalue weighted by molar-refractivity contribution is -0.384. The molecule has 7 heteroatoms. The van der Waals surface area contributed by atoms with Crippen LogP contribution in [0.15, 0.2) is 42.5 Å². The fraction of sp³-hybridized carbons (Fsp3) is 0. The molecule has 0 saturated heterocycles. The van der Waals surface area contributed by atoms with Gasteiger partial charge in [-0.15, -0.1) is 0 Å². The highest BCUT2D eigenvalue weighted by Gasteiger charge is 2.15. The molecule has 0 aliphatic heterocycles. The highest BCUT2D eigenvalue weighted by molar-refractivity contribution is 6.30. The molecule has 0 atom stereocenters. The zero-order chi connectivity index (χ0) is 14.3. The van der Waals surface area contributed by atoms with Crippen LogP contribution in [0.2, 0.25) is 5.02 Å².